The molecule has 2 aromatic heterocycles. The summed E-state index contributed by atoms with van der Waals surface area (Å²) in [6.45, 7) is 6.78. The van der Waals surface area contributed by atoms with E-state index < -0.39 is 0 Å². The van der Waals surface area contributed by atoms with Crippen molar-refractivity contribution in [1.29, 1.82) is 0 Å². The lowest BCUT2D eigenvalue weighted by atomic mass is 10.2. The SMILES string of the molecule is C.CCOC(=O)N(CC(C)CSC)c1cn(-c2cccnc2)nc1C. The summed E-state index contributed by atoms with van der Waals surface area (Å²) >= 11 is 1.77. The molecule has 6 nitrogen and oxygen atoms in total. The van der Waals surface area contributed by atoms with Crippen molar-refractivity contribution in [3.63, 3.8) is 0 Å². The highest BCUT2D eigenvalue weighted by molar-refractivity contribution is 7.98. The standard InChI is InChI=1S/C17H24N4O2S.CH4/c1-5-23-17(22)20(10-13(2)12-24-4)16-11-21(19-14(16)3)15-7-6-8-18-9-15;/h6-9,11,13H,5,10,12H2,1-4H3;1H4. The van der Waals surface area contributed by atoms with Crippen LogP contribution >= 0.6 is 11.8 Å². The van der Waals surface area contributed by atoms with Gasteiger partial charge in [-0.3, -0.25) is 9.88 Å². The van der Waals surface area contributed by atoms with E-state index in [1.165, 1.54) is 0 Å². The molecule has 0 aliphatic heterocycles. The highest BCUT2D eigenvalue weighted by Crippen LogP contribution is 2.23. The van der Waals surface area contributed by atoms with E-state index in [0.717, 1.165) is 22.8 Å². The van der Waals surface area contributed by atoms with Crippen LogP contribution in [-0.4, -0.2) is 46.0 Å². The first-order valence-electron chi connectivity index (χ1n) is 7.96. The molecule has 0 N–H and O–H groups in total. The molecule has 2 aromatic rings. The van der Waals surface area contributed by atoms with Crippen LogP contribution in [0.15, 0.2) is 30.7 Å². The van der Waals surface area contributed by atoms with Crippen LogP contribution in [0.2, 0.25) is 0 Å². The van der Waals surface area contributed by atoms with Crippen molar-refractivity contribution in [3.05, 3.63) is 36.4 Å². The lowest BCUT2D eigenvalue weighted by Gasteiger charge is -2.24. The van der Waals surface area contributed by atoms with E-state index in [9.17, 15) is 4.79 Å². The van der Waals surface area contributed by atoms with E-state index in [1.807, 2.05) is 32.2 Å². The molecule has 1 atom stereocenters. The predicted molar refractivity (Wildman–Crippen MR) is 105 cm³/mol. The van der Waals surface area contributed by atoms with Crippen LogP contribution in [0.1, 0.15) is 27.0 Å². The molecule has 2 rings (SSSR count). The number of carbonyl (C=O) groups is 1. The zero-order chi connectivity index (χ0) is 17.5. The molecular formula is C18H28N4O2S. The van der Waals surface area contributed by atoms with Gasteiger partial charge in [0.15, 0.2) is 0 Å². The molecule has 0 aliphatic rings. The molecule has 138 valence electrons. The quantitative estimate of drug-likeness (QED) is 0.738. The first-order valence-corrected chi connectivity index (χ1v) is 9.36. The van der Waals surface area contributed by atoms with E-state index in [0.29, 0.717) is 19.1 Å². The minimum Gasteiger partial charge on any atom is -0.449 e. The number of hydrogen-bond acceptors (Lipinski definition) is 5. The number of anilines is 1. The smallest absolute Gasteiger partial charge is 0.414 e. The maximum Gasteiger partial charge on any atom is 0.414 e. The average Bonchev–Trinajstić information content (AvgIpc) is 2.95. The van der Waals surface area contributed by atoms with Crippen molar-refractivity contribution in [2.45, 2.75) is 28.2 Å². The Labute approximate surface area is 154 Å². The number of carbonyl (C=O) groups excluding carboxylic acids is 1. The Balaban J connectivity index is 0.00000312. The lowest BCUT2D eigenvalue weighted by Crippen LogP contribution is -2.36. The first kappa shape index (κ1) is 21.0. The minimum atomic E-state index is -0.334. The molecule has 0 aromatic carbocycles. The van der Waals surface area contributed by atoms with Gasteiger partial charge in [0, 0.05) is 12.7 Å². The number of aromatic nitrogens is 3. The molecule has 1 amide bonds. The molecule has 25 heavy (non-hydrogen) atoms. The fourth-order valence-electron chi connectivity index (χ4n) is 2.46. The number of pyridine rings is 1. The highest BCUT2D eigenvalue weighted by atomic mass is 32.2. The number of thioether (sulfide) groups is 1. The van der Waals surface area contributed by atoms with Gasteiger partial charge in [-0.25, -0.2) is 9.48 Å². The van der Waals surface area contributed by atoms with Crippen molar-refractivity contribution < 1.29 is 9.53 Å². The largest absolute Gasteiger partial charge is 0.449 e. The molecule has 0 saturated carbocycles. The topological polar surface area (TPSA) is 60.2 Å². The summed E-state index contributed by atoms with van der Waals surface area (Å²) in [5, 5.41) is 4.52. The van der Waals surface area contributed by atoms with Crippen molar-refractivity contribution in [2.75, 3.05) is 30.1 Å². The second-order valence-electron chi connectivity index (χ2n) is 5.63. The van der Waals surface area contributed by atoms with Gasteiger partial charge in [0.25, 0.3) is 0 Å². The summed E-state index contributed by atoms with van der Waals surface area (Å²) < 4.78 is 6.98. The van der Waals surface area contributed by atoms with Crippen LogP contribution in [0.25, 0.3) is 5.69 Å². The normalized spacial score (nSPS) is 11.5. The van der Waals surface area contributed by atoms with E-state index >= 15 is 0 Å². The van der Waals surface area contributed by atoms with E-state index in [-0.39, 0.29) is 13.5 Å². The van der Waals surface area contributed by atoms with Crippen LogP contribution in [0, 0.1) is 12.8 Å². The summed E-state index contributed by atoms with van der Waals surface area (Å²) in [6.07, 6.45) is 7.04. The fraction of sp³-hybridized carbons (Fsp3) is 0.500. The molecule has 1 unspecified atom stereocenters. The van der Waals surface area contributed by atoms with Gasteiger partial charge in [-0.05, 0) is 43.9 Å². The Kier molecular flexibility index (Phi) is 8.48. The zero-order valence-electron chi connectivity index (χ0n) is 14.6. The molecule has 0 saturated heterocycles. The number of rotatable bonds is 7. The third kappa shape index (κ3) is 5.49. The van der Waals surface area contributed by atoms with Crippen LogP contribution in [0.4, 0.5) is 10.5 Å². The predicted octanol–water partition coefficient (Wildman–Crippen LogP) is 4.17. The third-order valence-electron chi connectivity index (χ3n) is 3.51. The second-order valence-corrected chi connectivity index (χ2v) is 6.54. The second kappa shape index (κ2) is 10.1. The summed E-state index contributed by atoms with van der Waals surface area (Å²) in [6, 6.07) is 3.78. The van der Waals surface area contributed by atoms with Gasteiger partial charge in [-0.15, -0.1) is 0 Å². The molecule has 7 heteroatoms. The third-order valence-corrected chi connectivity index (χ3v) is 4.41. The molecule has 0 aliphatic carbocycles. The molecule has 2 heterocycles. The Hall–Kier alpha value is -2.02. The van der Waals surface area contributed by atoms with Gasteiger partial charge in [-0.1, -0.05) is 14.4 Å². The number of nitrogens with zero attached hydrogens (tertiary/aromatic N) is 4. The summed E-state index contributed by atoms with van der Waals surface area (Å²) in [7, 11) is 0. The Morgan fingerprint density at radius 2 is 2.24 bits per heavy atom. The van der Waals surface area contributed by atoms with Gasteiger partial charge < -0.3 is 4.74 Å². The monoisotopic (exact) mass is 364 g/mol. The summed E-state index contributed by atoms with van der Waals surface area (Å²) in [4.78, 5) is 18.2. The molecule has 0 radical (unpaired) electrons. The lowest BCUT2D eigenvalue weighted by molar-refractivity contribution is 0.159. The number of ether oxygens (including phenoxy) is 1. The van der Waals surface area contributed by atoms with E-state index in [2.05, 4.69) is 23.3 Å². The molecule has 0 spiro atoms. The summed E-state index contributed by atoms with van der Waals surface area (Å²) in [5.41, 5.74) is 2.40. The summed E-state index contributed by atoms with van der Waals surface area (Å²) in [5.74, 6) is 1.33. The van der Waals surface area contributed by atoms with Crippen molar-refractivity contribution in [1.82, 2.24) is 14.8 Å². The van der Waals surface area contributed by atoms with Gasteiger partial charge in [0.2, 0.25) is 0 Å². The molecular weight excluding hydrogens is 336 g/mol. The van der Waals surface area contributed by atoms with Gasteiger partial charge >= 0.3 is 6.09 Å². The minimum absolute atomic E-state index is 0. The average molecular weight is 365 g/mol. The molecule has 0 bridgehead atoms. The van der Waals surface area contributed by atoms with Crippen molar-refractivity contribution >= 4 is 23.5 Å². The Bertz CT molecular complexity index is 660. The first-order chi connectivity index (χ1) is 11.6. The van der Waals surface area contributed by atoms with E-state index in [4.69, 9.17) is 4.74 Å². The number of aryl methyl sites for hydroxylation is 1. The number of amides is 1. The fourth-order valence-corrected chi connectivity index (χ4v) is 3.13. The van der Waals surface area contributed by atoms with Crippen LogP contribution in [0.3, 0.4) is 0 Å². The number of hydrogen-bond donors (Lipinski definition) is 0. The van der Waals surface area contributed by atoms with Crippen molar-refractivity contribution in [2.24, 2.45) is 5.92 Å². The Morgan fingerprint density at radius 3 is 2.84 bits per heavy atom. The van der Waals surface area contributed by atoms with E-state index in [1.54, 1.807) is 33.7 Å². The van der Waals surface area contributed by atoms with Gasteiger partial charge in [0.05, 0.1) is 36.1 Å². The maximum absolute atomic E-state index is 12.4. The van der Waals surface area contributed by atoms with Crippen LogP contribution in [0.5, 0.6) is 0 Å². The van der Waals surface area contributed by atoms with Crippen LogP contribution in [-0.2, 0) is 4.74 Å². The van der Waals surface area contributed by atoms with Crippen molar-refractivity contribution in [3.8, 4) is 5.69 Å². The molecule has 0 fully saturated rings. The van der Waals surface area contributed by atoms with Crippen LogP contribution < -0.4 is 4.90 Å². The Morgan fingerprint density at radius 1 is 1.48 bits per heavy atom. The highest BCUT2D eigenvalue weighted by Gasteiger charge is 2.23. The van der Waals surface area contributed by atoms with Gasteiger partial charge in [-0.2, -0.15) is 16.9 Å². The maximum atomic E-state index is 12.4. The van der Waals surface area contributed by atoms with Gasteiger partial charge in [0.1, 0.15) is 0 Å². The zero-order valence-corrected chi connectivity index (χ0v) is 15.4.